The molecule has 0 radical (unpaired) electrons. The van der Waals surface area contributed by atoms with E-state index in [1.54, 1.807) is 12.1 Å². The van der Waals surface area contributed by atoms with Crippen molar-refractivity contribution in [1.29, 1.82) is 0 Å². The summed E-state index contributed by atoms with van der Waals surface area (Å²) < 4.78 is 16.4. The molecule has 1 aliphatic carbocycles. The summed E-state index contributed by atoms with van der Waals surface area (Å²) in [6.45, 7) is 9.19. The van der Waals surface area contributed by atoms with Crippen molar-refractivity contribution in [2.24, 2.45) is 17.3 Å². The Hall–Kier alpha value is -2.56. The Labute approximate surface area is 178 Å². The number of hydrogen-bond acceptors (Lipinski definition) is 5. The summed E-state index contributed by atoms with van der Waals surface area (Å²) in [6.07, 6.45) is 3.81. The molecular weight excluding hydrogens is 380 g/mol. The van der Waals surface area contributed by atoms with Crippen molar-refractivity contribution >= 4 is 16.9 Å². The first-order valence-corrected chi connectivity index (χ1v) is 10.6. The largest absolute Gasteiger partial charge is 0.493 e. The quantitative estimate of drug-likeness (QED) is 0.341. The van der Waals surface area contributed by atoms with E-state index in [9.17, 15) is 9.59 Å². The van der Waals surface area contributed by atoms with Crippen LogP contribution in [0.15, 0.2) is 50.7 Å². The van der Waals surface area contributed by atoms with E-state index in [0.29, 0.717) is 23.9 Å². The van der Waals surface area contributed by atoms with Crippen LogP contribution in [0.5, 0.6) is 5.75 Å². The molecule has 5 nitrogen and oxygen atoms in total. The Morgan fingerprint density at radius 3 is 2.73 bits per heavy atom. The fourth-order valence-corrected chi connectivity index (χ4v) is 4.52. The molecular formula is C25H32O5. The van der Waals surface area contributed by atoms with E-state index in [1.165, 1.54) is 24.3 Å². The van der Waals surface area contributed by atoms with Crippen LogP contribution in [0.3, 0.4) is 0 Å². The Bertz CT molecular complexity index is 1000. The molecule has 3 rings (SSSR count). The number of hydrogen-bond donors (Lipinski definition) is 0. The standard InChI is InChI=1S/C25H32O5/c1-16-12-13-25(4,21(18(16)3)10-6-17(2)24(27)28-5)15-29-20-9-7-19-8-11-23(26)30-22(19)14-20/h7-9,11,14,17,21H,6,10,12-13,15H2,1-5H3/t17-,21-,25+/m1/s1. The average molecular weight is 413 g/mol. The van der Waals surface area contributed by atoms with Crippen LogP contribution in [0.25, 0.3) is 11.0 Å². The third-order valence-electron chi connectivity index (χ3n) is 6.76. The van der Waals surface area contributed by atoms with Gasteiger partial charge in [0.15, 0.2) is 0 Å². The number of carbonyl (C=O) groups excluding carboxylic acids is 1. The van der Waals surface area contributed by atoms with Crippen molar-refractivity contribution in [1.82, 2.24) is 0 Å². The van der Waals surface area contributed by atoms with Crippen LogP contribution in [-0.2, 0) is 9.53 Å². The lowest BCUT2D eigenvalue weighted by molar-refractivity contribution is -0.145. The molecule has 0 bridgehead atoms. The van der Waals surface area contributed by atoms with Gasteiger partial charge in [0.1, 0.15) is 11.3 Å². The monoisotopic (exact) mass is 412 g/mol. The number of methoxy groups -OCH3 is 1. The molecule has 2 aromatic rings. The van der Waals surface area contributed by atoms with Crippen LogP contribution in [0.2, 0.25) is 0 Å². The molecule has 0 amide bonds. The zero-order valence-electron chi connectivity index (χ0n) is 18.6. The van der Waals surface area contributed by atoms with Crippen LogP contribution in [0, 0.1) is 17.3 Å². The van der Waals surface area contributed by atoms with Gasteiger partial charge in [0.25, 0.3) is 0 Å². The van der Waals surface area contributed by atoms with Crippen LogP contribution < -0.4 is 10.4 Å². The minimum absolute atomic E-state index is 0.0358. The zero-order valence-corrected chi connectivity index (χ0v) is 18.6. The lowest BCUT2D eigenvalue weighted by Crippen LogP contribution is -2.38. The molecule has 0 fully saturated rings. The zero-order chi connectivity index (χ0) is 21.9. The highest BCUT2D eigenvalue weighted by Gasteiger charge is 2.39. The predicted octanol–water partition coefficient (Wildman–Crippen LogP) is 5.51. The van der Waals surface area contributed by atoms with Crippen molar-refractivity contribution in [3.63, 3.8) is 0 Å². The van der Waals surface area contributed by atoms with Gasteiger partial charge in [-0.2, -0.15) is 0 Å². The van der Waals surface area contributed by atoms with Crippen LogP contribution in [-0.4, -0.2) is 19.7 Å². The first-order chi connectivity index (χ1) is 14.2. The first-order valence-electron chi connectivity index (χ1n) is 10.6. The molecule has 162 valence electrons. The molecule has 0 spiro atoms. The molecule has 3 atom stereocenters. The molecule has 0 unspecified atom stereocenters. The molecule has 1 aromatic heterocycles. The van der Waals surface area contributed by atoms with E-state index >= 15 is 0 Å². The van der Waals surface area contributed by atoms with Gasteiger partial charge < -0.3 is 13.9 Å². The maximum absolute atomic E-state index is 11.8. The van der Waals surface area contributed by atoms with E-state index in [0.717, 1.165) is 31.1 Å². The number of allylic oxidation sites excluding steroid dienone is 2. The van der Waals surface area contributed by atoms with Crippen molar-refractivity contribution in [2.75, 3.05) is 13.7 Å². The summed E-state index contributed by atoms with van der Waals surface area (Å²) in [6, 6.07) is 8.77. The van der Waals surface area contributed by atoms with Gasteiger partial charge >= 0.3 is 11.6 Å². The molecule has 0 saturated carbocycles. The molecule has 1 aliphatic rings. The third kappa shape index (κ3) is 4.77. The van der Waals surface area contributed by atoms with Gasteiger partial charge in [0.2, 0.25) is 0 Å². The Morgan fingerprint density at radius 1 is 1.27 bits per heavy atom. The van der Waals surface area contributed by atoms with Crippen LogP contribution >= 0.6 is 0 Å². The molecule has 5 heteroatoms. The summed E-state index contributed by atoms with van der Waals surface area (Å²) in [5.41, 5.74) is 2.98. The van der Waals surface area contributed by atoms with Gasteiger partial charge in [-0.3, -0.25) is 4.79 Å². The summed E-state index contributed by atoms with van der Waals surface area (Å²) in [7, 11) is 1.44. The summed E-state index contributed by atoms with van der Waals surface area (Å²) in [4.78, 5) is 23.4. The highest BCUT2D eigenvalue weighted by Crippen LogP contribution is 2.47. The van der Waals surface area contributed by atoms with Gasteiger partial charge in [-0.15, -0.1) is 0 Å². The second-order valence-corrected chi connectivity index (χ2v) is 8.91. The van der Waals surface area contributed by atoms with Crippen molar-refractivity contribution in [2.45, 2.75) is 53.4 Å². The Kier molecular flexibility index (Phi) is 6.69. The average Bonchev–Trinajstić information content (AvgIpc) is 2.74. The smallest absolute Gasteiger partial charge is 0.336 e. The number of esters is 1. The predicted molar refractivity (Wildman–Crippen MR) is 118 cm³/mol. The van der Waals surface area contributed by atoms with Crippen molar-refractivity contribution < 1.29 is 18.7 Å². The van der Waals surface area contributed by atoms with Crippen LogP contribution in [0.1, 0.15) is 53.4 Å². The molecule has 30 heavy (non-hydrogen) atoms. The van der Waals surface area contributed by atoms with Gasteiger partial charge in [-0.05, 0) is 63.6 Å². The van der Waals surface area contributed by atoms with E-state index in [-0.39, 0.29) is 22.9 Å². The SMILES string of the molecule is COC(=O)[C@H](C)CC[C@@H]1C(C)=C(C)CC[C@@]1(C)COc1ccc2ccc(=O)oc2c1. The third-order valence-corrected chi connectivity index (χ3v) is 6.76. The molecule has 0 aliphatic heterocycles. The topological polar surface area (TPSA) is 65.7 Å². The second kappa shape index (κ2) is 9.07. The number of carbonyl (C=O) groups is 1. The summed E-state index contributed by atoms with van der Waals surface area (Å²) in [5.74, 6) is 0.777. The first kappa shape index (κ1) is 22.1. The molecule has 0 N–H and O–H groups in total. The number of benzene rings is 1. The molecule has 1 heterocycles. The second-order valence-electron chi connectivity index (χ2n) is 8.91. The summed E-state index contributed by atoms with van der Waals surface area (Å²) in [5, 5.41) is 0.870. The lowest BCUT2D eigenvalue weighted by atomic mass is 9.64. The van der Waals surface area contributed by atoms with E-state index in [4.69, 9.17) is 13.9 Å². The number of fused-ring (bicyclic) bond motifs is 1. The number of rotatable bonds is 7. The van der Waals surface area contributed by atoms with E-state index in [2.05, 4.69) is 20.8 Å². The normalized spacial score (nSPS) is 22.8. The fraction of sp³-hybridized carbons (Fsp3) is 0.520. The van der Waals surface area contributed by atoms with Gasteiger partial charge in [0, 0.05) is 22.9 Å². The minimum Gasteiger partial charge on any atom is -0.493 e. The molecule has 0 saturated heterocycles. The number of ether oxygens (including phenoxy) is 2. The maximum atomic E-state index is 11.8. The summed E-state index contributed by atoms with van der Waals surface area (Å²) >= 11 is 0. The van der Waals surface area contributed by atoms with Crippen LogP contribution in [0.4, 0.5) is 0 Å². The fourth-order valence-electron chi connectivity index (χ4n) is 4.52. The van der Waals surface area contributed by atoms with Crippen molar-refractivity contribution in [3.8, 4) is 5.75 Å². The van der Waals surface area contributed by atoms with Crippen molar-refractivity contribution in [3.05, 3.63) is 51.9 Å². The highest BCUT2D eigenvalue weighted by molar-refractivity contribution is 5.77. The molecule has 1 aromatic carbocycles. The van der Waals surface area contributed by atoms with Gasteiger partial charge in [-0.1, -0.05) is 25.0 Å². The van der Waals surface area contributed by atoms with E-state index in [1.807, 2.05) is 19.1 Å². The Balaban J connectivity index is 1.76. The van der Waals surface area contributed by atoms with Gasteiger partial charge in [-0.25, -0.2) is 4.79 Å². The lowest BCUT2D eigenvalue weighted by Gasteiger charge is -2.43. The highest BCUT2D eigenvalue weighted by atomic mass is 16.5. The van der Waals surface area contributed by atoms with E-state index < -0.39 is 0 Å². The minimum atomic E-state index is -0.366. The Morgan fingerprint density at radius 2 is 2.00 bits per heavy atom. The van der Waals surface area contributed by atoms with Gasteiger partial charge in [0.05, 0.1) is 19.6 Å². The maximum Gasteiger partial charge on any atom is 0.336 e.